The van der Waals surface area contributed by atoms with Crippen molar-refractivity contribution in [1.82, 2.24) is 9.88 Å². The molecule has 1 atom stereocenters. The van der Waals surface area contributed by atoms with E-state index in [-0.39, 0.29) is 18.4 Å². The lowest BCUT2D eigenvalue weighted by molar-refractivity contribution is -0.136. The standard InChI is InChI=1S/C12H18N2O2/c1-3-11(9-15)12(16)14(2)8-10-4-6-13-7-5-10/h4-7,11,15H,3,8-9H2,1-2H3. The van der Waals surface area contributed by atoms with E-state index in [4.69, 9.17) is 5.11 Å². The molecule has 1 aromatic heterocycles. The Morgan fingerprint density at radius 2 is 2.12 bits per heavy atom. The number of aliphatic hydroxyl groups excluding tert-OH is 1. The summed E-state index contributed by atoms with van der Waals surface area (Å²) in [6.07, 6.45) is 4.07. The molecule has 1 aromatic rings. The van der Waals surface area contributed by atoms with Gasteiger partial charge in [-0.2, -0.15) is 0 Å². The van der Waals surface area contributed by atoms with Crippen molar-refractivity contribution in [3.05, 3.63) is 30.1 Å². The molecule has 16 heavy (non-hydrogen) atoms. The second-order valence-corrected chi connectivity index (χ2v) is 3.84. The van der Waals surface area contributed by atoms with Gasteiger partial charge >= 0.3 is 0 Å². The SMILES string of the molecule is CCC(CO)C(=O)N(C)Cc1ccncc1. The number of hydrogen-bond donors (Lipinski definition) is 1. The Morgan fingerprint density at radius 1 is 1.50 bits per heavy atom. The molecule has 0 spiro atoms. The van der Waals surface area contributed by atoms with Crippen LogP contribution >= 0.6 is 0 Å². The molecule has 88 valence electrons. The van der Waals surface area contributed by atoms with Crippen molar-refractivity contribution in [1.29, 1.82) is 0 Å². The van der Waals surface area contributed by atoms with Crippen LogP contribution in [0.5, 0.6) is 0 Å². The zero-order chi connectivity index (χ0) is 12.0. The Kier molecular flexibility index (Phi) is 4.92. The van der Waals surface area contributed by atoms with Gasteiger partial charge in [-0.1, -0.05) is 6.92 Å². The molecule has 0 fully saturated rings. The van der Waals surface area contributed by atoms with Gasteiger partial charge in [-0.3, -0.25) is 9.78 Å². The highest BCUT2D eigenvalue weighted by molar-refractivity contribution is 5.78. The topological polar surface area (TPSA) is 53.4 Å². The van der Waals surface area contributed by atoms with Gasteiger partial charge < -0.3 is 10.0 Å². The first-order valence-electron chi connectivity index (χ1n) is 5.43. The molecule has 0 aromatic carbocycles. The van der Waals surface area contributed by atoms with Crippen molar-refractivity contribution in [2.24, 2.45) is 5.92 Å². The van der Waals surface area contributed by atoms with E-state index in [0.717, 1.165) is 5.56 Å². The van der Waals surface area contributed by atoms with E-state index < -0.39 is 0 Å². The van der Waals surface area contributed by atoms with Crippen molar-refractivity contribution < 1.29 is 9.90 Å². The van der Waals surface area contributed by atoms with Crippen LogP contribution in [0.4, 0.5) is 0 Å². The van der Waals surface area contributed by atoms with E-state index in [1.165, 1.54) is 0 Å². The zero-order valence-electron chi connectivity index (χ0n) is 9.76. The van der Waals surface area contributed by atoms with E-state index in [2.05, 4.69) is 4.98 Å². The average Bonchev–Trinajstić information content (AvgIpc) is 2.31. The van der Waals surface area contributed by atoms with Crippen LogP contribution in [0.2, 0.25) is 0 Å². The summed E-state index contributed by atoms with van der Waals surface area (Å²) in [6.45, 7) is 2.37. The van der Waals surface area contributed by atoms with E-state index in [9.17, 15) is 4.79 Å². The van der Waals surface area contributed by atoms with E-state index in [0.29, 0.717) is 13.0 Å². The molecule has 1 amide bonds. The van der Waals surface area contributed by atoms with E-state index >= 15 is 0 Å². The predicted molar refractivity (Wildman–Crippen MR) is 61.6 cm³/mol. The number of carbonyl (C=O) groups is 1. The van der Waals surface area contributed by atoms with Crippen LogP contribution in [-0.4, -0.2) is 34.6 Å². The molecule has 0 saturated heterocycles. The molecule has 0 bridgehead atoms. The summed E-state index contributed by atoms with van der Waals surface area (Å²) >= 11 is 0. The van der Waals surface area contributed by atoms with Crippen LogP contribution in [0.15, 0.2) is 24.5 Å². The quantitative estimate of drug-likeness (QED) is 0.810. The second-order valence-electron chi connectivity index (χ2n) is 3.84. The van der Waals surface area contributed by atoms with Gasteiger partial charge in [0.05, 0.1) is 12.5 Å². The van der Waals surface area contributed by atoms with Crippen molar-refractivity contribution in [3.8, 4) is 0 Å². The Balaban J connectivity index is 2.58. The number of nitrogens with zero attached hydrogens (tertiary/aromatic N) is 2. The Morgan fingerprint density at radius 3 is 2.62 bits per heavy atom. The molecule has 0 aliphatic carbocycles. The maximum atomic E-state index is 11.9. The normalized spacial score (nSPS) is 12.2. The first-order chi connectivity index (χ1) is 7.69. The summed E-state index contributed by atoms with van der Waals surface area (Å²) in [5.41, 5.74) is 1.04. The molecule has 1 N–H and O–H groups in total. The molecule has 4 heteroatoms. The highest BCUT2D eigenvalue weighted by Crippen LogP contribution is 2.09. The van der Waals surface area contributed by atoms with Gasteiger partial charge in [0.2, 0.25) is 5.91 Å². The van der Waals surface area contributed by atoms with Crippen LogP contribution in [0.3, 0.4) is 0 Å². The van der Waals surface area contributed by atoms with Crippen LogP contribution in [-0.2, 0) is 11.3 Å². The summed E-state index contributed by atoms with van der Waals surface area (Å²) in [6, 6.07) is 3.76. The van der Waals surface area contributed by atoms with Gasteiger partial charge in [0.1, 0.15) is 0 Å². The monoisotopic (exact) mass is 222 g/mol. The predicted octanol–water partition coefficient (Wildman–Crippen LogP) is 1.06. The number of aliphatic hydroxyl groups is 1. The van der Waals surface area contributed by atoms with Gasteiger partial charge in [0, 0.05) is 26.0 Å². The van der Waals surface area contributed by atoms with Gasteiger partial charge in [-0.15, -0.1) is 0 Å². The lowest BCUT2D eigenvalue weighted by atomic mass is 10.1. The third-order valence-electron chi connectivity index (χ3n) is 2.61. The fourth-order valence-electron chi connectivity index (χ4n) is 1.53. The minimum atomic E-state index is -0.285. The summed E-state index contributed by atoms with van der Waals surface area (Å²) in [5.74, 6) is -0.298. The molecule has 0 radical (unpaired) electrons. The van der Waals surface area contributed by atoms with Crippen molar-refractivity contribution >= 4 is 5.91 Å². The van der Waals surface area contributed by atoms with Crippen LogP contribution in [0.25, 0.3) is 0 Å². The van der Waals surface area contributed by atoms with Crippen LogP contribution in [0.1, 0.15) is 18.9 Å². The minimum absolute atomic E-state index is 0.0122. The summed E-state index contributed by atoms with van der Waals surface area (Å²) < 4.78 is 0. The van der Waals surface area contributed by atoms with Crippen LogP contribution < -0.4 is 0 Å². The summed E-state index contributed by atoms with van der Waals surface area (Å²) in [4.78, 5) is 17.4. The van der Waals surface area contributed by atoms with Gasteiger partial charge in [-0.25, -0.2) is 0 Å². The first-order valence-corrected chi connectivity index (χ1v) is 5.43. The second kappa shape index (κ2) is 6.23. The summed E-state index contributed by atoms with van der Waals surface area (Å²) in [5, 5.41) is 9.05. The number of aromatic nitrogens is 1. The molecular formula is C12H18N2O2. The number of carbonyl (C=O) groups excluding carboxylic acids is 1. The molecule has 0 saturated carbocycles. The highest BCUT2D eigenvalue weighted by Gasteiger charge is 2.19. The maximum absolute atomic E-state index is 11.9. The number of hydrogen-bond acceptors (Lipinski definition) is 3. The fourth-order valence-corrected chi connectivity index (χ4v) is 1.53. The number of rotatable bonds is 5. The third kappa shape index (κ3) is 3.31. The maximum Gasteiger partial charge on any atom is 0.228 e. The number of pyridine rings is 1. The smallest absolute Gasteiger partial charge is 0.228 e. The van der Waals surface area contributed by atoms with E-state index in [1.807, 2.05) is 19.1 Å². The molecule has 1 heterocycles. The molecule has 0 aliphatic heterocycles. The Bertz CT molecular complexity index is 323. The van der Waals surface area contributed by atoms with Crippen molar-refractivity contribution in [2.75, 3.05) is 13.7 Å². The zero-order valence-corrected chi connectivity index (χ0v) is 9.76. The lowest BCUT2D eigenvalue weighted by Crippen LogP contribution is -2.33. The Labute approximate surface area is 95.9 Å². The lowest BCUT2D eigenvalue weighted by Gasteiger charge is -2.21. The molecule has 1 unspecified atom stereocenters. The van der Waals surface area contributed by atoms with Gasteiger partial charge in [-0.05, 0) is 24.1 Å². The molecule has 4 nitrogen and oxygen atoms in total. The molecule has 0 aliphatic rings. The largest absolute Gasteiger partial charge is 0.396 e. The van der Waals surface area contributed by atoms with Crippen molar-refractivity contribution in [3.63, 3.8) is 0 Å². The van der Waals surface area contributed by atoms with Crippen LogP contribution in [0, 0.1) is 5.92 Å². The first kappa shape index (κ1) is 12.6. The van der Waals surface area contributed by atoms with Gasteiger partial charge in [0.25, 0.3) is 0 Å². The third-order valence-corrected chi connectivity index (χ3v) is 2.61. The fraction of sp³-hybridized carbons (Fsp3) is 0.500. The van der Waals surface area contributed by atoms with Crippen molar-refractivity contribution in [2.45, 2.75) is 19.9 Å². The Hall–Kier alpha value is -1.42. The average molecular weight is 222 g/mol. The highest BCUT2D eigenvalue weighted by atomic mass is 16.3. The molecule has 1 rings (SSSR count). The molecular weight excluding hydrogens is 204 g/mol. The number of amides is 1. The summed E-state index contributed by atoms with van der Waals surface area (Å²) in [7, 11) is 1.75. The van der Waals surface area contributed by atoms with E-state index in [1.54, 1.807) is 24.3 Å². The van der Waals surface area contributed by atoms with Gasteiger partial charge in [0.15, 0.2) is 0 Å². The minimum Gasteiger partial charge on any atom is -0.396 e.